The van der Waals surface area contributed by atoms with E-state index in [9.17, 15) is 9.59 Å². The summed E-state index contributed by atoms with van der Waals surface area (Å²) in [4.78, 5) is 29.9. The van der Waals surface area contributed by atoms with Crippen LogP contribution >= 0.6 is 0 Å². The van der Waals surface area contributed by atoms with Crippen LogP contribution in [-0.2, 0) is 17.8 Å². The lowest BCUT2D eigenvalue weighted by atomic mass is 10.1. The number of carbonyl (C=O) groups is 1. The van der Waals surface area contributed by atoms with Gasteiger partial charge in [-0.05, 0) is 26.7 Å². The van der Waals surface area contributed by atoms with Gasteiger partial charge >= 0.3 is 0 Å². The number of allylic oxidation sites excluding steroid dienone is 1. The number of carbonyl (C=O) groups excluding carboxylic acids is 1. The largest absolute Gasteiger partial charge is 0.354 e. The molecule has 0 bridgehead atoms. The van der Waals surface area contributed by atoms with E-state index in [1.54, 1.807) is 6.08 Å². The fraction of sp³-hybridized carbons (Fsp3) is 0.364. The monoisotopic (exact) mass is 393 g/mol. The Hall–Kier alpha value is -3.22. The average molecular weight is 393 g/mol. The summed E-state index contributed by atoms with van der Waals surface area (Å²) < 4.78 is 3.25. The first-order valence-electron chi connectivity index (χ1n) is 9.91. The van der Waals surface area contributed by atoms with Crippen LogP contribution < -0.4 is 10.9 Å². The van der Waals surface area contributed by atoms with Crippen LogP contribution in [0, 0.1) is 6.92 Å². The van der Waals surface area contributed by atoms with Crippen LogP contribution in [0.4, 0.5) is 0 Å². The molecule has 3 aromatic rings. The zero-order valence-corrected chi connectivity index (χ0v) is 17.2. The Morgan fingerprint density at radius 3 is 2.69 bits per heavy atom. The molecule has 7 heteroatoms. The van der Waals surface area contributed by atoms with Crippen molar-refractivity contribution in [1.29, 1.82) is 0 Å². The van der Waals surface area contributed by atoms with E-state index < -0.39 is 0 Å². The normalized spacial score (nSPS) is 12.1. The predicted molar refractivity (Wildman–Crippen MR) is 114 cm³/mol. The summed E-state index contributed by atoms with van der Waals surface area (Å²) in [5.74, 6) is 0.905. The van der Waals surface area contributed by atoms with E-state index in [-0.39, 0.29) is 23.9 Å². The molecule has 0 aliphatic heterocycles. The number of rotatable bonds is 8. The van der Waals surface area contributed by atoms with E-state index in [1.165, 1.54) is 4.52 Å². The van der Waals surface area contributed by atoms with Crippen LogP contribution in [0.15, 0.2) is 47.8 Å². The zero-order chi connectivity index (χ0) is 21.0. The maximum Gasteiger partial charge on any atom is 0.279 e. The third-order valence-electron chi connectivity index (χ3n) is 5.09. The molecule has 1 atom stereocenters. The predicted octanol–water partition coefficient (Wildman–Crippen LogP) is 2.90. The second-order valence-corrected chi connectivity index (χ2v) is 7.16. The highest BCUT2D eigenvalue weighted by molar-refractivity contribution is 5.76. The topological polar surface area (TPSA) is 81.3 Å². The molecule has 152 valence electrons. The smallest absolute Gasteiger partial charge is 0.279 e. The molecule has 2 heterocycles. The fourth-order valence-corrected chi connectivity index (χ4v) is 3.24. The second kappa shape index (κ2) is 8.86. The molecule has 1 amide bonds. The van der Waals surface area contributed by atoms with E-state index in [1.807, 2.05) is 55.7 Å². The number of amides is 1. The fourth-order valence-electron chi connectivity index (χ4n) is 3.24. The van der Waals surface area contributed by atoms with Crippen molar-refractivity contribution < 1.29 is 4.79 Å². The summed E-state index contributed by atoms with van der Waals surface area (Å²) in [6.45, 7) is 10.2. The van der Waals surface area contributed by atoms with Crippen molar-refractivity contribution in [1.82, 2.24) is 24.5 Å². The highest BCUT2D eigenvalue weighted by Gasteiger charge is 2.19. The molecule has 0 fully saturated rings. The molecule has 0 aliphatic rings. The molecular formula is C22H27N5O2. The maximum absolute atomic E-state index is 13.1. The number of hydrogen-bond donors (Lipinski definition) is 1. The van der Waals surface area contributed by atoms with Crippen LogP contribution in [0.2, 0.25) is 0 Å². The first-order valence-corrected chi connectivity index (χ1v) is 9.91. The summed E-state index contributed by atoms with van der Waals surface area (Å²) in [7, 11) is 0. The van der Waals surface area contributed by atoms with Gasteiger partial charge in [0.25, 0.3) is 5.56 Å². The molecule has 2 aromatic heterocycles. The van der Waals surface area contributed by atoms with Crippen molar-refractivity contribution in [3.05, 3.63) is 64.6 Å². The Morgan fingerprint density at radius 1 is 1.31 bits per heavy atom. The molecule has 0 saturated heterocycles. The molecular weight excluding hydrogens is 366 g/mol. The molecule has 0 spiro atoms. The van der Waals surface area contributed by atoms with Gasteiger partial charge in [0.05, 0.1) is 0 Å². The van der Waals surface area contributed by atoms with Crippen molar-refractivity contribution in [2.75, 3.05) is 0 Å². The minimum absolute atomic E-state index is 0.0583. The summed E-state index contributed by atoms with van der Waals surface area (Å²) in [6, 6.07) is 9.66. The van der Waals surface area contributed by atoms with Gasteiger partial charge < -0.3 is 9.88 Å². The summed E-state index contributed by atoms with van der Waals surface area (Å²) >= 11 is 0. The molecule has 0 radical (unpaired) electrons. The standard InChI is InChI=1S/C22H27N5O2/c1-5-14-26-16(4)18(12-13-19(28)23-15(3)6-2)21(29)27-22(26)24-20(25-27)17-10-8-7-9-11-17/h5,7-11,15H,1,6,12-14H2,2-4H3,(H,23,28). The number of fused-ring (bicyclic) bond motifs is 1. The number of nitrogens with zero attached hydrogens (tertiary/aromatic N) is 4. The van der Waals surface area contributed by atoms with Gasteiger partial charge in [0, 0.05) is 35.8 Å². The first-order chi connectivity index (χ1) is 14.0. The molecule has 3 rings (SSSR count). The van der Waals surface area contributed by atoms with Gasteiger partial charge in [0.15, 0.2) is 5.82 Å². The first kappa shape index (κ1) is 20.5. The van der Waals surface area contributed by atoms with Gasteiger partial charge in [-0.15, -0.1) is 11.7 Å². The lowest BCUT2D eigenvalue weighted by Crippen LogP contribution is -2.33. The van der Waals surface area contributed by atoms with Gasteiger partial charge in [-0.3, -0.25) is 9.59 Å². The molecule has 0 aliphatic carbocycles. The van der Waals surface area contributed by atoms with Gasteiger partial charge in [-0.25, -0.2) is 0 Å². The average Bonchev–Trinajstić information content (AvgIpc) is 3.17. The van der Waals surface area contributed by atoms with Crippen LogP contribution in [-0.4, -0.2) is 31.1 Å². The Balaban J connectivity index is 2.03. The van der Waals surface area contributed by atoms with Gasteiger partial charge in [0.2, 0.25) is 11.7 Å². The highest BCUT2D eigenvalue weighted by atomic mass is 16.1. The van der Waals surface area contributed by atoms with E-state index in [0.717, 1.165) is 17.7 Å². The third kappa shape index (κ3) is 4.29. The Kier molecular flexibility index (Phi) is 6.26. The highest BCUT2D eigenvalue weighted by Crippen LogP contribution is 2.17. The molecule has 1 unspecified atom stereocenters. The van der Waals surface area contributed by atoms with E-state index in [0.29, 0.717) is 30.1 Å². The Morgan fingerprint density at radius 2 is 2.03 bits per heavy atom. The molecule has 0 saturated carbocycles. The van der Waals surface area contributed by atoms with Gasteiger partial charge in [-0.2, -0.15) is 9.50 Å². The Labute approximate surface area is 170 Å². The van der Waals surface area contributed by atoms with Crippen LogP contribution in [0.5, 0.6) is 0 Å². The van der Waals surface area contributed by atoms with Crippen molar-refractivity contribution in [2.24, 2.45) is 0 Å². The summed E-state index contributed by atoms with van der Waals surface area (Å²) in [6.07, 6.45) is 3.22. The van der Waals surface area contributed by atoms with Crippen LogP contribution in [0.25, 0.3) is 17.2 Å². The molecule has 1 N–H and O–H groups in total. The zero-order valence-electron chi connectivity index (χ0n) is 17.2. The summed E-state index contributed by atoms with van der Waals surface area (Å²) in [5.41, 5.74) is 1.96. The SMILES string of the molecule is C=CCn1c(C)c(CCC(=O)NC(C)CC)c(=O)n2nc(-c3ccccc3)nc12. The van der Waals surface area contributed by atoms with Crippen LogP contribution in [0.1, 0.15) is 37.9 Å². The minimum atomic E-state index is -0.233. The van der Waals surface area contributed by atoms with Crippen molar-refractivity contribution in [3.63, 3.8) is 0 Å². The number of aromatic nitrogens is 4. The van der Waals surface area contributed by atoms with Crippen LogP contribution in [0.3, 0.4) is 0 Å². The lowest BCUT2D eigenvalue weighted by Gasteiger charge is -2.15. The maximum atomic E-state index is 13.1. The number of nitrogens with one attached hydrogen (secondary N) is 1. The lowest BCUT2D eigenvalue weighted by molar-refractivity contribution is -0.121. The van der Waals surface area contributed by atoms with E-state index >= 15 is 0 Å². The summed E-state index contributed by atoms with van der Waals surface area (Å²) in [5, 5.41) is 7.40. The van der Waals surface area contributed by atoms with Crippen molar-refractivity contribution in [2.45, 2.75) is 52.6 Å². The number of hydrogen-bond acceptors (Lipinski definition) is 4. The van der Waals surface area contributed by atoms with E-state index in [2.05, 4.69) is 22.0 Å². The van der Waals surface area contributed by atoms with Crippen molar-refractivity contribution >= 4 is 11.7 Å². The number of benzene rings is 1. The quantitative estimate of drug-likeness (QED) is 0.597. The molecule has 1 aromatic carbocycles. The second-order valence-electron chi connectivity index (χ2n) is 7.16. The molecule has 29 heavy (non-hydrogen) atoms. The minimum Gasteiger partial charge on any atom is -0.354 e. The van der Waals surface area contributed by atoms with Gasteiger partial charge in [-0.1, -0.05) is 43.3 Å². The van der Waals surface area contributed by atoms with Gasteiger partial charge in [0.1, 0.15) is 0 Å². The van der Waals surface area contributed by atoms with Crippen molar-refractivity contribution in [3.8, 4) is 11.4 Å². The third-order valence-corrected chi connectivity index (χ3v) is 5.09. The molecule has 7 nitrogen and oxygen atoms in total. The van der Waals surface area contributed by atoms with E-state index in [4.69, 9.17) is 0 Å². The Bertz CT molecular complexity index is 1080.